The van der Waals surface area contributed by atoms with Gasteiger partial charge >= 0.3 is 10.2 Å². The summed E-state index contributed by atoms with van der Waals surface area (Å²) < 4.78 is 68.5. The molecule has 2 aromatic rings. The van der Waals surface area contributed by atoms with Gasteiger partial charge in [-0.1, -0.05) is 36.1 Å². The van der Waals surface area contributed by atoms with Crippen LogP contribution in [0.2, 0.25) is 0 Å². The molecule has 142 valence electrons. The van der Waals surface area contributed by atoms with Gasteiger partial charge in [-0.2, -0.15) is 16.8 Å². The number of halogens is 1. The lowest BCUT2D eigenvalue weighted by atomic mass is 10.2. The van der Waals surface area contributed by atoms with Crippen LogP contribution in [-0.2, 0) is 24.5 Å². The lowest BCUT2D eigenvalue weighted by Crippen LogP contribution is -2.36. The van der Waals surface area contributed by atoms with Crippen molar-refractivity contribution in [1.29, 1.82) is 0 Å². The van der Waals surface area contributed by atoms with E-state index in [9.17, 15) is 21.2 Å². The first-order chi connectivity index (χ1) is 12.7. The smallest absolute Gasteiger partial charge is 0.257 e. The Balaban J connectivity index is 1.95. The fraction of sp³-hybridized carbons (Fsp3) is 0.176. The van der Waals surface area contributed by atoms with Crippen molar-refractivity contribution >= 4 is 37.4 Å². The van der Waals surface area contributed by atoms with Crippen LogP contribution in [0.25, 0.3) is 0 Å². The second kappa shape index (κ2) is 7.19. The molecule has 0 aliphatic carbocycles. The van der Waals surface area contributed by atoms with Crippen LogP contribution in [0, 0.1) is 17.7 Å². The van der Waals surface area contributed by atoms with Gasteiger partial charge in [0.2, 0.25) is 0 Å². The van der Waals surface area contributed by atoms with Crippen LogP contribution in [-0.4, -0.2) is 36.2 Å². The molecule has 1 aliphatic heterocycles. The summed E-state index contributed by atoms with van der Waals surface area (Å²) in [4.78, 5) is 0. The maximum atomic E-state index is 14.2. The van der Waals surface area contributed by atoms with Crippen molar-refractivity contribution in [2.75, 3.05) is 28.0 Å². The van der Waals surface area contributed by atoms with Crippen molar-refractivity contribution in [3.8, 4) is 11.8 Å². The Morgan fingerprint density at radius 1 is 1.00 bits per heavy atom. The number of anilines is 3. The fourth-order valence-electron chi connectivity index (χ4n) is 2.55. The van der Waals surface area contributed by atoms with Crippen LogP contribution in [0.5, 0.6) is 0 Å². The molecule has 0 atom stereocenters. The van der Waals surface area contributed by atoms with Gasteiger partial charge in [0.25, 0.3) is 10.1 Å². The summed E-state index contributed by atoms with van der Waals surface area (Å²) in [6.45, 7) is -0.622. The molecule has 1 heterocycles. The standard InChI is InChI=1S/C17H15FN2O5S2/c1-26(21,22)25-13-7-6-12-19-16-10-4-5-11-17(16)20(27(19,23)24)15-9-3-2-8-14(15)18/h2-5,8-11H,12-13H2,1H3. The molecule has 0 fully saturated rings. The highest BCUT2D eigenvalue weighted by atomic mass is 32.2. The van der Waals surface area contributed by atoms with Gasteiger partial charge in [-0.15, -0.1) is 0 Å². The van der Waals surface area contributed by atoms with Gasteiger partial charge in [0.05, 0.1) is 29.9 Å². The minimum Gasteiger partial charge on any atom is -0.257 e. The van der Waals surface area contributed by atoms with Crippen molar-refractivity contribution in [2.45, 2.75) is 0 Å². The van der Waals surface area contributed by atoms with E-state index >= 15 is 0 Å². The lowest BCUT2D eigenvalue weighted by molar-refractivity contribution is 0.368. The summed E-state index contributed by atoms with van der Waals surface area (Å²) in [5.41, 5.74) is 0.552. The average Bonchev–Trinajstić information content (AvgIpc) is 2.81. The van der Waals surface area contributed by atoms with Crippen LogP contribution in [0.4, 0.5) is 21.5 Å². The number of rotatable bonds is 4. The summed E-state index contributed by atoms with van der Waals surface area (Å²) >= 11 is 0. The third kappa shape index (κ3) is 3.90. The summed E-state index contributed by atoms with van der Waals surface area (Å²) in [5, 5.41) is 0. The van der Waals surface area contributed by atoms with E-state index in [4.69, 9.17) is 0 Å². The zero-order chi connectivity index (χ0) is 19.7. The maximum Gasteiger partial charge on any atom is 0.331 e. The van der Waals surface area contributed by atoms with Crippen LogP contribution >= 0.6 is 0 Å². The van der Waals surface area contributed by atoms with E-state index in [1.54, 1.807) is 30.3 Å². The Hall–Kier alpha value is -2.61. The van der Waals surface area contributed by atoms with Crippen LogP contribution in [0.3, 0.4) is 0 Å². The van der Waals surface area contributed by atoms with Crippen LogP contribution in [0.1, 0.15) is 0 Å². The Morgan fingerprint density at radius 2 is 1.59 bits per heavy atom. The van der Waals surface area contributed by atoms with Crippen molar-refractivity contribution in [2.24, 2.45) is 0 Å². The molecule has 0 saturated heterocycles. The first-order valence-electron chi connectivity index (χ1n) is 7.68. The topological polar surface area (TPSA) is 84.0 Å². The zero-order valence-corrected chi connectivity index (χ0v) is 15.8. The monoisotopic (exact) mass is 410 g/mol. The number of benzene rings is 2. The number of nitrogens with zero attached hydrogens (tertiary/aromatic N) is 2. The summed E-state index contributed by atoms with van der Waals surface area (Å²) in [6, 6.07) is 12.0. The summed E-state index contributed by atoms with van der Waals surface area (Å²) in [7, 11) is -7.74. The molecular weight excluding hydrogens is 395 g/mol. The third-order valence-corrected chi connectivity index (χ3v) is 5.93. The average molecular weight is 410 g/mol. The second-order valence-electron chi connectivity index (χ2n) is 5.54. The SMILES string of the molecule is CS(=O)(=O)OCC#CCN1c2ccccc2N(c2ccccc2F)S1(=O)=O. The number of para-hydroxylation sites is 3. The van der Waals surface area contributed by atoms with Gasteiger partial charge < -0.3 is 0 Å². The minimum absolute atomic E-state index is 0.0965. The van der Waals surface area contributed by atoms with Crippen molar-refractivity contribution in [3.63, 3.8) is 0 Å². The Labute approximate surface area is 157 Å². The van der Waals surface area contributed by atoms with Gasteiger partial charge in [0.1, 0.15) is 12.4 Å². The molecule has 0 radical (unpaired) electrons. The number of hydrogen-bond acceptors (Lipinski definition) is 5. The second-order valence-corrected chi connectivity index (χ2v) is 8.88. The van der Waals surface area contributed by atoms with Gasteiger partial charge in [-0.05, 0) is 24.3 Å². The molecule has 2 aromatic carbocycles. The number of hydrogen-bond donors (Lipinski definition) is 0. The Bertz CT molecular complexity index is 1140. The molecule has 7 nitrogen and oxygen atoms in total. The Kier molecular flexibility index (Phi) is 5.10. The Morgan fingerprint density at radius 3 is 2.22 bits per heavy atom. The van der Waals surface area contributed by atoms with Crippen molar-refractivity contribution in [1.82, 2.24) is 0 Å². The molecule has 0 spiro atoms. The van der Waals surface area contributed by atoms with Crippen LogP contribution in [0.15, 0.2) is 48.5 Å². The molecule has 10 heteroatoms. The maximum absolute atomic E-state index is 14.2. The highest BCUT2D eigenvalue weighted by Gasteiger charge is 2.41. The highest BCUT2D eigenvalue weighted by molar-refractivity contribution is 7.95. The van der Waals surface area contributed by atoms with Gasteiger partial charge in [-0.25, -0.2) is 13.0 Å². The van der Waals surface area contributed by atoms with Gasteiger partial charge in [-0.3, -0.25) is 4.18 Å². The molecule has 1 aliphatic rings. The quantitative estimate of drug-likeness (QED) is 0.569. The van der Waals surface area contributed by atoms with E-state index < -0.39 is 26.1 Å². The molecule has 0 saturated carbocycles. The largest absolute Gasteiger partial charge is 0.331 e. The zero-order valence-electron chi connectivity index (χ0n) is 14.2. The fourth-order valence-corrected chi connectivity index (χ4v) is 4.45. The molecule has 27 heavy (non-hydrogen) atoms. The van der Waals surface area contributed by atoms with Crippen molar-refractivity contribution < 1.29 is 25.4 Å². The molecule has 3 rings (SSSR count). The normalized spacial score (nSPS) is 15.2. The van der Waals surface area contributed by atoms with E-state index in [-0.39, 0.29) is 18.8 Å². The molecular formula is C17H15FN2O5S2. The van der Waals surface area contributed by atoms with E-state index in [2.05, 4.69) is 16.0 Å². The molecule has 0 N–H and O–H groups in total. The first-order valence-corrected chi connectivity index (χ1v) is 10.9. The lowest BCUT2D eigenvalue weighted by Gasteiger charge is -2.20. The van der Waals surface area contributed by atoms with Crippen LogP contribution < -0.4 is 8.61 Å². The minimum atomic E-state index is -4.11. The molecule has 0 unspecified atom stereocenters. The summed E-state index contributed by atoms with van der Waals surface area (Å²) in [5.74, 6) is 4.35. The van der Waals surface area contributed by atoms with Crippen molar-refractivity contribution in [3.05, 3.63) is 54.3 Å². The predicted octanol–water partition coefficient (Wildman–Crippen LogP) is 2.01. The number of fused-ring (bicyclic) bond motifs is 1. The van der Waals surface area contributed by atoms with E-state index in [0.717, 1.165) is 14.9 Å². The van der Waals surface area contributed by atoms with E-state index in [1.165, 1.54) is 18.2 Å². The molecule has 0 aromatic heterocycles. The molecule has 0 bridgehead atoms. The van der Waals surface area contributed by atoms with Gasteiger partial charge in [0.15, 0.2) is 0 Å². The van der Waals surface area contributed by atoms with E-state index in [0.29, 0.717) is 11.4 Å². The van der Waals surface area contributed by atoms with E-state index in [1.807, 2.05) is 0 Å². The summed E-state index contributed by atoms with van der Waals surface area (Å²) in [6.07, 6.45) is 0.891. The first kappa shape index (κ1) is 19.2. The predicted molar refractivity (Wildman–Crippen MR) is 99.8 cm³/mol. The van der Waals surface area contributed by atoms with Gasteiger partial charge in [0, 0.05) is 0 Å². The molecule has 0 amide bonds. The highest BCUT2D eigenvalue weighted by Crippen LogP contribution is 2.45. The third-order valence-electron chi connectivity index (χ3n) is 3.64.